The Bertz CT molecular complexity index is 495. The molecule has 0 aromatic heterocycles. The molecule has 0 radical (unpaired) electrons. The SMILES string of the molecule is CC(=O)CC[C@@H]1[C@@]2(C)CCCC(C)(C)[C@@H]2CC[C@@]1(C)N=[N+]=[N-]. The van der Waals surface area contributed by atoms with Crippen LogP contribution in [0.4, 0.5) is 0 Å². The van der Waals surface area contributed by atoms with Crippen molar-refractivity contribution < 1.29 is 4.79 Å². The van der Waals surface area contributed by atoms with E-state index in [2.05, 4.69) is 37.7 Å². The van der Waals surface area contributed by atoms with Crippen molar-refractivity contribution in [1.29, 1.82) is 0 Å². The monoisotopic (exact) mass is 305 g/mol. The average molecular weight is 305 g/mol. The molecule has 0 saturated heterocycles. The molecule has 0 bridgehead atoms. The first-order valence-electron chi connectivity index (χ1n) is 8.71. The standard InChI is InChI=1S/C18H31N3O/c1-13(22)7-8-15-17(4)11-6-10-16(2,3)14(17)9-12-18(15,5)20-21-19/h14-15H,6-12H2,1-5H3/t14-,15+,17-,18+/m0/s1. The third kappa shape index (κ3) is 2.90. The van der Waals surface area contributed by atoms with Gasteiger partial charge in [0.05, 0.1) is 0 Å². The van der Waals surface area contributed by atoms with Gasteiger partial charge in [-0.15, -0.1) is 0 Å². The molecule has 2 aliphatic rings. The fraction of sp³-hybridized carbons (Fsp3) is 0.944. The maximum atomic E-state index is 11.5. The van der Waals surface area contributed by atoms with Gasteiger partial charge in [-0.25, -0.2) is 0 Å². The first-order chi connectivity index (χ1) is 10.2. The topological polar surface area (TPSA) is 65.8 Å². The Balaban J connectivity index is 2.41. The minimum absolute atomic E-state index is 0.179. The van der Waals surface area contributed by atoms with Gasteiger partial charge in [0.15, 0.2) is 0 Å². The summed E-state index contributed by atoms with van der Waals surface area (Å²) in [5, 5.41) is 4.23. The van der Waals surface area contributed by atoms with Gasteiger partial charge in [0.1, 0.15) is 5.78 Å². The van der Waals surface area contributed by atoms with Crippen molar-refractivity contribution in [3.8, 4) is 0 Å². The van der Waals surface area contributed by atoms with Crippen molar-refractivity contribution in [3.05, 3.63) is 10.4 Å². The summed E-state index contributed by atoms with van der Waals surface area (Å²) in [6, 6.07) is 0. The predicted octanol–water partition coefficient (Wildman–Crippen LogP) is 5.67. The smallest absolute Gasteiger partial charge is 0.129 e. The van der Waals surface area contributed by atoms with Crippen molar-refractivity contribution in [3.63, 3.8) is 0 Å². The molecule has 0 aromatic carbocycles. The normalized spacial score (nSPS) is 40.4. The summed E-state index contributed by atoms with van der Waals surface area (Å²) in [4.78, 5) is 14.7. The molecular weight excluding hydrogens is 274 g/mol. The third-order valence-electron chi connectivity index (χ3n) is 6.82. The Morgan fingerprint density at radius 1 is 1.23 bits per heavy atom. The summed E-state index contributed by atoms with van der Waals surface area (Å²) < 4.78 is 0. The highest BCUT2D eigenvalue weighted by atomic mass is 16.1. The van der Waals surface area contributed by atoms with Crippen LogP contribution >= 0.6 is 0 Å². The lowest BCUT2D eigenvalue weighted by Crippen LogP contribution is -2.56. The molecule has 2 saturated carbocycles. The van der Waals surface area contributed by atoms with Crippen LogP contribution < -0.4 is 0 Å². The Morgan fingerprint density at radius 3 is 2.50 bits per heavy atom. The molecule has 2 rings (SSSR count). The zero-order valence-corrected chi connectivity index (χ0v) is 14.9. The number of hydrogen-bond acceptors (Lipinski definition) is 2. The van der Waals surface area contributed by atoms with Gasteiger partial charge in [-0.05, 0) is 67.2 Å². The second-order valence-electron chi connectivity index (χ2n) is 8.78. The number of hydrogen-bond donors (Lipinski definition) is 0. The van der Waals surface area contributed by atoms with Gasteiger partial charge < -0.3 is 4.79 Å². The Kier molecular flexibility index (Phi) is 4.64. The zero-order chi connectivity index (χ0) is 16.6. The molecule has 0 aliphatic heterocycles. The molecule has 2 aliphatic carbocycles. The molecular formula is C18H31N3O. The van der Waals surface area contributed by atoms with Gasteiger partial charge in [-0.3, -0.25) is 0 Å². The second-order valence-corrected chi connectivity index (χ2v) is 8.78. The van der Waals surface area contributed by atoms with E-state index < -0.39 is 0 Å². The van der Waals surface area contributed by atoms with Crippen LogP contribution in [-0.4, -0.2) is 11.3 Å². The Labute approximate surface area is 134 Å². The lowest BCUT2D eigenvalue weighted by molar-refractivity contribution is -0.121. The predicted molar refractivity (Wildman–Crippen MR) is 89.4 cm³/mol. The Hall–Kier alpha value is -1.02. The summed E-state index contributed by atoms with van der Waals surface area (Å²) in [5.41, 5.74) is 9.23. The first-order valence-corrected chi connectivity index (χ1v) is 8.71. The van der Waals surface area contributed by atoms with Gasteiger partial charge >= 0.3 is 0 Å². The van der Waals surface area contributed by atoms with Crippen molar-refractivity contribution in [2.24, 2.45) is 27.8 Å². The van der Waals surface area contributed by atoms with Gasteiger partial charge in [0, 0.05) is 16.9 Å². The maximum absolute atomic E-state index is 11.5. The van der Waals surface area contributed by atoms with Crippen LogP contribution in [0.2, 0.25) is 0 Å². The maximum Gasteiger partial charge on any atom is 0.129 e. The molecule has 22 heavy (non-hydrogen) atoms. The fourth-order valence-corrected chi connectivity index (χ4v) is 5.83. The van der Waals surface area contributed by atoms with E-state index in [4.69, 9.17) is 5.53 Å². The van der Waals surface area contributed by atoms with Crippen molar-refractivity contribution in [2.45, 2.75) is 85.1 Å². The molecule has 0 heterocycles. The highest BCUT2D eigenvalue weighted by Gasteiger charge is 2.57. The van der Waals surface area contributed by atoms with E-state index in [0.29, 0.717) is 23.7 Å². The van der Waals surface area contributed by atoms with Crippen LogP contribution in [0, 0.1) is 22.7 Å². The fourth-order valence-electron chi connectivity index (χ4n) is 5.83. The van der Waals surface area contributed by atoms with Crippen molar-refractivity contribution in [1.82, 2.24) is 0 Å². The van der Waals surface area contributed by atoms with Crippen molar-refractivity contribution in [2.75, 3.05) is 0 Å². The summed E-state index contributed by atoms with van der Waals surface area (Å²) in [5.74, 6) is 1.20. The molecule has 4 atom stereocenters. The third-order valence-corrected chi connectivity index (χ3v) is 6.82. The van der Waals surface area contributed by atoms with Gasteiger partial charge in [0.2, 0.25) is 0 Å². The second kappa shape index (κ2) is 5.88. The molecule has 124 valence electrons. The largest absolute Gasteiger partial charge is 0.300 e. The van der Waals surface area contributed by atoms with E-state index in [1.54, 1.807) is 6.92 Å². The van der Waals surface area contributed by atoms with Crippen LogP contribution in [-0.2, 0) is 4.79 Å². The molecule has 0 amide bonds. The van der Waals surface area contributed by atoms with E-state index >= 15 is 0 Å². The molecule has 0 N–H and O–H groups in total. The number of carbonyl (C=O) groups excluding carboxylic acids is 1. The quantitative estimate of drug-likeness (QED) is 0.375. The van der Waals surface area contributed by atoms with Gasteiger partial charge in [-0.1, -0.05) is 39.2 Å². The van der Waals surface area contributed by atoms with Gasteiger partial charge in [0.25, 0.3) is 0 Å². The molecule has 2 fully saturated rings. The van der Waals surface area contributed by atoms with Crippen molar-refractivity contribution >= 4 is 5.78 Å². The van der Waals surface area contributed by atoms with Gasteiger partial charge in [-0.2, -0.15) is 0 Å². The minimum Gasteiger partial charge on any atom is -0.300 e. The molecule has 4 heteroatoms. The highest BCUT2D eigenvalue weighted by Crippen LogP contribution is 2.63. The highest BCUT2D eigenvalue weighted by molar-refractivity contribution is 5.75. The molecule has 0 spiro atoms. The van der Waals surface area contributed by atoms with Crippen LogP contribution in [0.3, 0.4) is 0 Å². The lowest BCUT2D eigenvalue weighted by Gasteiger charge is -2.61. The number of azide groups is 1. The number of Topliss-reactive ketones (excluding diaryl/α,β-unsaturated/α-hetero) is 1. The molecule has 4 nitrogen and oxygen atoms in total. The first kappa shape index (κ1) is 17.3. The number of fused-ring (bicyclic) bond motifs is 1. The van der Waals surface area contributed by atoms with E-state index in [9.17, 15) is 4.79 Å². The summed E-state index contributed by atoms with van der Waals surface area (Å²) in [6.07, 6.45) is 7.25. The van der Waals surface area contributed by atoms with E-state index in [1.807, 2.05) is 0 Å². The van der Waals surface area contributed by atoms with Crippen LogP contribution in [0.5, 0.6) is 0 Å². The van der Waals surface area contributed by atoms with E-state index in [-0.39, 0.29) is 16.7 Å². The zero-order valence-electron chi connectivity index (χ0n) is 14.9. The minimum atomic E-state index is -0.344. The summed E-state index contributed by atoms with van der Waals surface area (Å²) in [7, 11) is 0. The summed E-state index contributed by atoms with van der Waals surface area (Å²) in [6.45, 7) is 11.0. The molecule has 0 unspecified atom stereocenters. The molecule has 0 aromatic rings. The van der Waals surface area contributed by atoms with Crippen LogP contribution in [0.1, 0.15) is 79.6 Å². The summed E-state index contributed by atoms with van der Waals surface area (Å²) >= 11 is 0. The number of nitrogens with zero attached hydrogens (tertiary/aromatic N) is 3. The number of rotatable bonds is 4. The van der Waals surface area contributed by atoms with E-state index in [0.717, 1.165) is 19.3 Å². The number of ketones is 1. The average Bonchev–Trinajstić information content (AvgIpc) is 2.36. The Morgan fingerprint density at radius 2 is 1.91 bits per heavy atom. The number of carbonyl (C=O) groups is 1. The lowest BCUT2D eigenvalue weighted by atomic mass is 9.44. The van der Waals surface area contributed by atoms with Crippen LogP contribution in [0.25, 0.3) is 10.4 Å². The van der Waals surface area contributed by atoms with E-state index in [1.165, 1.54) is 19.3 Å². The van der Waals surface area contributed by atoms with Crippen LogP contribution in [0.15, 0.2) is 5.11 Å².